The average molecular weight is 191 g/mol. The molecule has 0 unspecified atom stereocenters. The predicted molar refractivity (Wildman–Crippen MR) is 53.8 cm³/mol. The second-order valence-electron chi connectivity index (χ2n) is 3.04. The van der Waals surface area contributed by atoms with Crippen molar-refractivity contribution in [3.8, 4) is 0 Å². The SMILES string of the molecule is CNc1nccc2cc(F)c(C)nc12. The molecule has 2 aromatic heterocycles. The van der Waals surface area contributed by atoms with Gasteiger partial charge in [0.15, 0.2) is 5.82 Å². The molecule has 2 rings (SSSR count). The molecule has 0 saturated heterocycles. The summed E-state index contributed by atoms with van der Waals surface area (Å²) in [6.45, 7) is 1.64. The van der Waals surface area contributed by atoms with E-state index in [1.165, 1.54) is 6.07 Å². The first-order chi connectivity index (χ1) is 6.72. The molecule has 72 valence electrons. The smallest absolute Gasteiger partial charge is 0.152 e. The van der Waals surface area contributed by atoms with Crippen molar-refractivity contribution in [3.63, 3.8) is 0 Å². The molecule has 0 aliphatic heterocycles. The normalized spacial score (nSPS) is 10.5. The van der Waals surface area contributed by atoms with Crippen molar-refractivity contribution >= 4 is 16.7 Å². The van der Waals surface area contributed by atoms with Gasteiger partial charge < -0.3 is 5.32 Å². The highest BCUT2D eigenvalue weighted by atomic mass is 19.1. The number of fused-ring (bicyclic) bond motifs is 1. The Morgan fingerprint density at radius 2 is 2.21 bits per heavy atom. The zero-order valence-electron chi connectivity index (χ0n) is 8.00. The molecule has 0 aliphatic carbocycles. The van der Waals surface area contributed by atoms with Gasteiger partial charge in [0.2, 0.25) is 0 Å². The molecule has 0 radical (unpaired) electrons. The Morgan fingerprint density at radius 1 is 1.43 bits per heavy atom. The molecule has 0 bridgehead atoms. The van der Waals surface area contributed by atoms with Gasteiger partial charge >= 0.3 is 0 Å². The van der Waals surface area contributed by atoms with E-state index < -0.39 is 0 Å². The second kappa shape index (κ2) is 3.21. The number of aryl methyl sites for hydroxylation is 1. The molecule has 0 atom stereocenters. The van der Waals surface area contributed by atoms with Gasteiger partial charge in [0.25, 0.3) is 0 Å². The predicted octanol–water partition coefficient (Wildman–Crippen LogP) is 2.12. The van der Waals surface area contributed by atoms with Crippen LogP contribution in [0.5, 0.6) is 0 Å². The third-order valence-corrected chi connectivity index (χ3v) is 2.10. The second-order valence-corrected chi connectivity index (χ2v) is 3.04. The molecule has 3 nitrogen and oxygen atoms in total. The molecule has 14 heavy (non-hydrogen) atoms. The number of rotatable bonds is 1. The molecule has 0 saturated carbocycles. The van der Waals surface area contributed by atoms with Crippen LogP contribution >= 0.6 is 0 Å². The Labute approximate surface area is 81.0 Å². The number of hydrogen-bond acceptors (Lipinski definition) is 3. The molecule has 0 aromatic carbocycles. The summed E-state index contributed by atoms with van der Waals surface area (Å²) in [5.74, 6) is 0.386. The van der Waals surface area contributed by atoms with Crippen LogP contribution in [0.4, 0.5) is 10.2 Å². The summed E-state index contributed by atoms with van der Waals surface area (Å²) in [6.07, 6.45) is 1.63. The van der Waals surface area contributed by atoms with Crippen molar-refractivity contribution in [1.82, 2.24) is 9.97 Å². The molecule has 2 aromatic rings. The minimum atomic E-state index is -0.286. The lowest BCUT2D eigenvalue weighted by Gasteiger charge is -2.04. The highest BCUT2D eigenvalue weighted by molar-refractivity contribution is 5.88. The fourth-order valence-corrected chi connectivity index (χ4v) is 1.35. The van der Waals surface area contributed by atoms with Crippen LogP contribution < -0.4 is 5.32 Å². The van der Waals surface area contributed by atoms with Crippen LogP contribution in [-0.4, -0.2) is 17.0 Å². The van der Waals surface area contributed by atoms with Crippen molar-refractivity contribution in [1.29, 1.82) is 0 Å². The highest BCUT2D eigenvalue weighted by Crippen LogP contribution is 2.20. The van der Waals surface area contributed by atoms with Gasteiger partial charge in [0.1, 0.15) is 11.3 Å². The Morgan fingerprint density at radius 3 is 2.93 bits per heavy atom. The standard InChI is InChI=1S/C10H10FN3/c1-6-8(11)5-7-3-4-13-10(12-2)9(7)14-6/h3-5H,1-2H3,(H,12,13). The van der Waals surface area contributed by atoms with Crippen LogP contribution in [0.1, 0.15) is 5.69 Å². The molecule has 0 spiro atoms. The van der Waals surface area contributed by atoms with E-state index in [2.05, 4.69) is 15.3 Å². The zero-order valence-corrected chi connectivity index (χ0v) is 8.00. The number of aromatic nitrogens is 2. The van der Waals surface area contributed by atoms with E-state index in [-0.39, 0.29) is 5.82 Å². The number of pyridine rings is 2. The quantitative estimate of drug-likeness (QED) is 0.750. The van der Waals surface area contributed by atoms with E-state index in [4.69, 9.17) is 0 Å². The van der Waals surface area contributed by atoms with Crippen LogP contribution in [-0.2, 0) is 0 Å². The molecule has 2 heterocycles. The lowest BCUT2D eigenvalue weighted by molar-refractivity contribution is 0.613. The van der Waals surface area contributed by atoms with Gasteiger partial charge in [0, 0.05) is 18.6 Å². The van der Waals surface area contributed by atoms with E-state index in [9.17, 15) is 4.39 Å². The minimum Gasteiger partial charge on any atom is -0.371 e. The molecular weight excluding hydrogens is 181 g/mol. The number of anilines is 1. The fraction of sp³-hybridized carbons (Fsp3) is 0.200. The van der Waals surface area contributed by atoms with Gasteiger partial charge in [-0.3, -0.25) is 0 Å². The maximum atomic E-state index is 13.2. The summed E-state index contributed by atoms with van der Waals surface area (Å²) in [6, 6.07) is 3.21. The van der Waals surface area contributed by atoms with Crippen molar-refractivity contribution in [3.05, 3.63) is 29.8 Å². The van der Waals surface area contributed by atoms with E-state index in [1.807, 2.05) is 0 Å². The molecular formula is C10H10FN3. The first-order valence-electron chi connectivity index (χ1n) is 4.32. The number of nitrogens with zero attached hydrogens (tertiary/aromatic N) is 2. The van der Waals surface area contributed by atoms with Crippen LogP contribution in [0.25, 0.3) is 10.9 Å². The van der Waals surface area contributed by atoms with Gasteiger partial charge in [-0.15, -0.1) is 0 Å². The van der Waals surface area contributed by atoms with Crippen molar-refractivity contribution in [2.75, 3.05) is 12.4 Å². The third-order valence-electron chi connectivity index (χ3n) is 2.10. The Bertz CT molecular complexity index is 482. The third kappa shape index (κ3) is 1.28. The number of nitrogens with one attached hydrogen (secondary N) is 1. The van der Waals surface area contributed by atoms with Crippen LogP contribution in [0, 0.1) is 12.7 Å². The summed E-state index contributed by atoms with van der Waals surface area (Å²) in [5, 5.41) is 3.68. The minimum absolute atomic E-state index is 0.286. The lowest BCUT2D eigenvalue weighted by Crippen LogP contribution is -1.97. The Hall–Kier alpha value is -1.71. The molecule has 0 aliphatic rings. The molecule has 4 heteroatoms. The topological polar surface area (TPSA) is 37.8 Å². The van der Waals surface area contributed by atoms with Gasteiger partial charge in [0.05, 0.1) is 5.69 Å². The highest BCUT2D eigenvalue weighted by Gasteiger charge is 2.05. The van der Waals surface area contributed by atoms with E-state index in [0.29, 0.717) is 17.0 Å². The monoisotopic (exact) mass is 191 g/mol. The van der Waals surface area contributed by atoms with Crippen LogP contribution in [0.3, 0.4) is 0 Å². The van der Waals surface area contributed by atoms with Gasteiger partial charge in [-0.05, 0) is 19.1 Å². The lowest BCUT2D eigenvalue weighted by atomic mass is 10.2. The zero-order chi connectivity index (χ0) is 10.1. The number of hydrogen-bond donors (Lipinski definition) is 1. The summed E-state index contributed by atoms with van der Waals surface area (Å²) in [5.41, 5.74) is 1.09. The first-order valence-corrected chi connectivity index (χ1v) is 4.32. The van der Waals surface area contributed by atoms with Crippen molar-refractivity contribution in [2.24, 2.45) is 0 Å². The van der Waals surface area contributed by atoms with Gasteiger partial charge in [-0.2, -0.15) is 0 Å². The summed E-state index contributed by atoms with van der Waals surface area (Å²) in [7, 11) is 1.77. The molecule has 0 amide bonds. The summed E-state index contributed by atoms with van der Waals surface area (Å²) in [4.78, 5) is 8.25. The molecule has 1 N–H and O–H groups in total. The maximum Gasteiger partial charge on any atom is 0.152 e. The first kappa shape index (κ1) is 8.87. The fourth-order valence-electron chi connectivity index (χ4n) is 1.35. The molecule has 0 fully saturated rings. The van der Waals surface area contributed by atoms with Crippen LogP contribution in [0.15, 0.2) is 18.3 Å². The van der Waals surface area contributed by atoms with Gasteiger partial charge in [-0.25, -0.2) is 14.4 Å². The van der Waals surface area contributed by atoms with E-state index >= 15 is 0 Å². The van der Waals surface area contributed by atoms with E-state index in [1.54, 1.807) is 26.2 Å². The summed E-state index contributed by atoms with van der Waals surface area (Å²) < 4.78 is 13.2. The number of halogens is 1. The average Bonchev–Trinajstić information content (AvgIpc) is 2.19. The Kier molecular flexibility index (Phi) is 2.04. The summed E-state index contributed by atoms with van der Waals surface area (Å²) >= 11 is 0. The van der Waals surface area contributed by atoms with Crippen molar-refractivity contribution in [2.45, 2.75) is 6.92 Å². The van der Waals surface area contributed by atoms with Crippen LogP contribution in [0.2, 0.25) is 0 Å². The van der Waals surface area contributed by atoms with Gasteiger partial charge in [-0.1, -0.05) is 0 Å². The van der Waals surface area contributed by atoms with E-state index in [0.717, 1.165) is 5.39 Å². The Balaban J connectivity index is 2.81. The van der Waals surface area contributed by atoms with Crippen molar-refractivity contribution < 1.29 is 4.39 Å². The largest absolute Gasteiger partial charge is 0.371 e. The maximum absolute atomic E-state index is 13.2.